The number of carbonyl (C=O) groups is 1. The van der Waals surface area contributed by atoms with Crippen molar-refractivity contribution in [3.8, 4) is 5.75 Å². The SMILES string of the molecule is O=C(NCC1CCCC1Cl)c1ccc(F)cc1O. The van der Waals surface area contributed by atoms with Gasteiger partial charge in [0.1, 0.15) is 11.6 Å². The number of aromatic hydroxyl groups is 1. The zero-order valence-electron chi connectivity index (χ0n) is 9.83. The molecule has 1 aliphatic carbocycles. The van der Waals surface area contributed by atoms with Crippen LogP contribution in [0.4, 0.5) is 4.39 Å². The van der Waals surface area contributed by atoms with Crippen LogP contribution < -0.4 is 5.32 Å². The number of halogens is 2. The Morgan fingerprint density at radius 3 is 2.89 bits per heavy atom. The topological polar surface area (TPSA) is 49.3 Å². The van der Waals surface area contributed by atoms with Crippen LogP contribution in [-0.4, -0.2) is 22.9 Å². The summed E-state index contributed by atoms with van der Waals surface area (Å²) in [4.78, 5) is 11.8. The number of carbonyl (C=O) groups excluding carboxylic acids is 1. The number of phenolic OH excluding ortho intramolecular Hbond substituents is 1. The van der Waals surface area contributed by atoms with E-state index >= 15 is 0 Å². The van der Waals surface area contributed by atoms with Gasteiger partial charge in [-0.25, -0.2) is 4.39 Å². The molecule has 0 bridgehead atoms. The molecule has 0 saturated heterocycles. The van der Waals surface area contributed by atoms with Crippen LogP contribution in [0.2, 0.25) is 0 Å². The molecule has 98 valence electrons. The molecular weight excluding hydrogens is 257 g/mol. The molecule has 0 heterocycles. The van der Waals surface area contributed by atoms with E-state index in [1.165, 1.54) is 6.07 Å². The number of alkyl halides is 1. The van der Waals surface area contributed by atoms with E-state index in [9.17, 15) is 14.3 Å². The molecule has 0 aromatic heterocycles. The Morgan fingerprint density at radius 2 is 2.28 bits per heavy atom. The molecule has 1 aliphatic rings. The maximum atomic E-state index is 12.8. The largest absolute Gasteiger partial charge is 0.507 e. The maximum Gasteiger partial charge on any atom is 0.255 e. The normalized spacial score (nSPS) is 23.0. The van der Waals surface area contributed by atoms with Crippen LogP contribution in [0.5, 0.6) is 5.75 Å². The molecule has 0 radical (unpaired) electrons. The molecule has 0 spiro atoms. The van der Waals surface area contributed by atoms with E-state index in [0.717, 1.165) is 31.4 Å². The Labute approximate surface area is 110 Å². The van der Waals surface area contributed by atoms with Crippen molar-refractivity contribution in [1.29, 1.82) is 0 Å². The van der Waals surface area contributed by atoms with Crippen LogP contribution in [0.1, 0.15) is 29.6 Å². The lowest BCUT2D eigenvalue weighted by atomic mass is 10.1. The number of hydrogen-bond acceptors (Lipinski definition) is 2. The highest BCUT2D eigenvalue weighted by Crippen LogP contribution is 2.29. The zero-order valence-corrected chi connectivity index (χ0v) is 10.6. The van der Waals surface area contributed by atoms with Crippen LogP contribution in [0.15, 0.2) is 18.2 Å². The summed E-state index contributed by atoms with van der Waals surface area (Å²) in [6.45, 7) is 0.490. The first-order valence-electron chi connectivity index (χ1n) is 5.98. The van der Waals surface area contributed by atoms with Gasteiger partial charge in [0.05, 0.1) is 5.56 Å². The van der Waals surface area contributed by atoms with Crippen molar-refractivity contribution in [2.24, 2.45) is 5.92 Å². The predicted molar refractivity (Wildman–Crippen MR) is 67.4 cm³/mol. The van der Waals surface area contributed by atoms with Crippen LogP contribution in [0.25, 0.3) is 0 Å². The molecule has 0 aliphatic heterocycles. The Bertz CT molecular complexity index is 453. The minimum Gasteiger partial charge on any atom is -0.507 e. The first-order valence-corrected chi connectivity index (χ1v) is 6.42. The molecule has 1 aromatic carbocycles. The van der Waals surface area contributed by atoms with Gasteiger partial charge in [0.25, 0.3) is 5.91 Å². The lowest BCUT2D eigenvalue weighted by molar-refractivity contribution is 0.0945. The third kappa shape index (κ3) is 2.93. The second-order valence-corrected chi connectivity index (χ2v) is 5.14. The number of amides is 1. The van der Waals surface area contributed by atoms with Gasteiger partial charge < -0.3 is 10.4 Å². The van der Waals surface area contributed by atoms with Crippen molar-refractivity contribution in [2.45, 2.75) is 24.6 Å². The summed E-state index contributed by atoms with van der Waals surface area (Å²) >= 11 is 6.11. The van der Waals surface area contributed by atoms with Crippen molar-refractivity contribution in [1.82, 2.24) is 5.32 Å². The van der Waals surface area contributed by atoms with Crippen molar-refractivity contribution in [3.63, 3.8) is 0 Å². The summed E-state index contributed by atoms with van der Waals surface area (Å²) < 4.78 is 12.8. The fourth-order valence-electron chi connectivity index (χ4n) is 2.24. The molecule has 1 amide bonds. The van der Waals surface area contributed by atoms with E-state index in [0.29, 0.717) is 6.54 Å². The van der Waals surface area contributed by atoms with E-state index in [1.54, 1.807) is 0 Å². The monoisotopic (exact) mass is 271 g/mol. The maximum absolute atomic E-state index is 12.8. The quantitative estimate of drug-likeness (QED) is 0.831. The highest BCUT2D eigenvalue weighted by atomic mass is 35.5. The lowest BCUT2D eigenvalue weighted by Crippen LogP contribution is -2.31. The summed E-state index contributed by atoms with van der Waals surface area (Å²) in [5.74, 6) is -1.04. The molecule has 2 atom stereocenters. The Kier molecular flexibility index (Phi) is 4.07. The van der Waals surface area contributed by atoms with Crippen LogP contribution in [-0.2, 0) is 0 Å². The van der Waals surface area contributed by atoms with Crippen LogP contribution in [0, 0.1) is 11.7 Å². The first-order chi connectivity index (χ1) is 8.58. The highest BCUT2D eigenvalue weighted by Gasteiger charge is 2.25. The second kappa shape index (κ2) is 5.57. The van der Waals surface area contributed by atoms with E-state index in [4.69, 9.17) is 11.6 Å². The molecule has 5 heteroatoms. The number of nitrogens with one attached hydrogen (secondary N) is 1. The van der Waals surface area contributed by atoms with E-state index in [1.807, 2.05) is 0 Å². The highest BCUT2D eigenvalue weighted by molar-refractivity contribution is 6.21. The Morgan fingerprint density at radius 1 is 1.50 bits per heavy atom. The minimum atomic E-state index is -0.569. The average Bonchev–Trinajstić information content (AvgIpc) is 2.72. The lowest BCUT2D eigenvalue weighted by Gasteiger charge is -2.14. The smallest absolute Gasteiger partial charge is 0.255 e. The van der Waals surface area contributed by atoms with E-state index < -0.39 is 11.7 Å². The van der Waals surface area contributed by atoms with Crippen molar-refractivity contribution in [2.75, 3.05) is 6.54 Å². The molecule has 18 heavy (non-hydrogen) atoms. The minimum absolute atomic E-state index is 0.0838. The zero-order chi connectivity index (χ0) is 13.1. The van der Waals surface area contributed by atoms with Crippen LogP contribution >= 0.6 is 11.6 Å². The van der Waals surface area contributed by atoms with Crippen molar-refractivity contribution in [3.05, 3.63) is 29.6 Å². The fraction of sp³-hybridized carbons (Fsp3) is 0.462. The second-order valence-electron chi connectivity index (χ2n) is 4.58. The number of benzene rings is 1. The number of rotatable bonds is 3. The van der Waals surface area contributed by atoms with Gasteiger partial charge in [-0.15, -0.1) is 11.6 Å². The molecular formula is C13H15ClFNO2. The molecule has 1 aromatic rings. The third-order valence-electron chi connectivity index (χ3n) is 3.30. The molecule has 2 unspecified atom stereocenters. The summed E-state index contributed by atoms with van der Waals surface area (Å²) in [6, 6.07) is 3.34. The van der Waals surface area contributed by atoms with E-state index in [2.05, 4.69) is 5.32 Å². The summed E-state index contributed by atoms with van der Waals surface area (Å²) in [5.41, 5.74) is 0.0838. The number of hydrogen-bond donors (Lipinski definition) is 2. The Balaban J connectivity index is 1.95. The van der Waals surface area contributed by atoms with Gasteiger partial charge in [-0.05, 0) is 30.9 Å². The summed E-state index contributed by atoms with van der Waals surface area (Å²) in [5, 5.41) is 12.3. The molecule has 1 fully saturated rings. The van der Waals surface area contributed by atoms with Gasteiger partial charge in [0, 0.05) is 18.0 Å². The number of phenols is 1. The van der Waals surface area contributed by atoms with Gasteiger partial charge in [-0.1, -0.05) is 6.42 Å². The van der Waals surface area contributed by atoms with Crippen molar-refractivity contribution >= 4 is 17.5 Å². The standard InChI is InChI=1S/C13H15ClFNO2/c14-11-3-1-2-8(11)7-16-13(18)10-5-4-9(15)6-12(10)17/h4-6,8,11,17H,1-3,7H2,(H,16,18). The third-order valence-corrected chi connectivity index (χ3v) is 3.87. The first kappa shape index (κ1) is 13.1. The molecule has 3 nitrogen and oxygen atoms in total. The fourth-order valence-corrected chi connectivity index (χ4v) is 2.61. The summed E-state index contributed by atoms with van der Waals surface area (Å²) in [6.07, 6.45) is 3.06. The molecule has 2 N–H and O–H groups in total. The predicted octanol–water partition coefficient (Wildman–Crippen LogP) is 2.67. The molecule has 1 saturated carbocycles. The van der Waals surface area contributed by atoms with Gasteiger partial charge in [-0.2, -0.15) is 0 Å². The van der Waals surface area contributed by atoms with Gasteiger partial charge >= 0.3 is 0 Å². The molecule has 2 rings (SSSR count). The van der Waals surface area contributed by atoms with E-state index in [-0.39, 0.29) is 22.6 Å². The summed E-state index contributed by atoms with van der Waals surface area (Å²) in [7, 11) is 0. The van der Waals surface area contributed by atoms with Crippen molar-refractivity contribution < 1.29 is 14.3 Å². The van der Waals surface area contributed by atoms with Crippen LogP contribution in [0.3, 0.4) is 0 Å². The Hall–Kier alpha value is -1.29. The van der Waals surface area contributed by atoms with Gasteiger partial charge in [0.2, 0.25) is 0 Å². The average molecular weight is 272 g/mol. The van der Waals surface area contributed by atoms with Gasteiger partial charge in [0.15, 0.2) is 0 Å². The van der Waals surface area contributed by atoms with Gasteiger partial charge in [-0.3, -0.25) is 4.79 Å².